The number of thiocarbonyl (C=S) groups is 1. The first-order chi connectivity index (χ1) is 8.15. The number of hydrogen-bond acceptors (Lipinski definition) is 2. The Morgan fingerprint density at radius 1 is 1.35 bits per heavy atom. The maximum Gasteiger partial charge on any atom is 0.226 e. The van der Waals surface area contributed by atoms with Crippen LogP contribution in [0.4, 0.5) is 0 Å². The van der Waals surface area contributed by atoms with Crippen molar-refractivity contribution < 1.29 is 4.79 Å². The Morgan fingerprint density at radius 2 is 1.94 bits per heavy atom. The van der Waals surface area contributed by atoms with Gasteiger partial charge in [0.1, 0.15) is 0 Å². The van der Waals surface area contributed by atoms with E-state index in [0.29, 0.717) is 35.2 Å². The van der Waals surface area contributed by atoms with Crippen molar-refractivity contribution in [2.45, 2.75) is 39.0 Å². The fourth-order valence-corrected chi connectivity index (χ4v) is 3.45. The molecule has 2 fully saturated rings. The Bertz CT molecular complexity index is 307. The van der Waals surface area contributed by atoms with Crippen molar-refractivity contribution in [3.05, 3.63) is 0 Å². The molecule has 2 aliphatic carbocycles. The third-order valence-corrected chi connectivity index (χ3v) is 4.22. The molecule has 0 aromatic carbocycles. The van der Waals surface area contributed by atoms with E-state index in [-0.39, 0.29) is 0 Å². The second kappa shape index (κ2) is 5.34. The van der Waals surface area contributed by atoms with Crippen LogP contribution in [-0.4, -0.2) is 28.9 Å². The number of amides is 1. The fraction of sp³-hybridized carbons (Fsp3) is 0.846. The van der Waals surface area contributed by atoms with Gasteiger partial charge >= 0.3 is 0 Å². The number of hydrogen-bond donors (Lipinski definition) is 1. The van der Waals surface area contributed by atoms with Crippen LogP contribution >= 0.6 is 12.2 Å². The lowest BCUT2D eigenvalue weighted by Gasteiger charge is -2.21. The quantitative estimate of drug-likeness (QED) is 0.763. The molecule has 2 unspecified atom stereocenters. The molecule has 0 bridgehead atoms. The van der Waals surface area contributed by atoms with Gasteiger partial charge in [0.2, 0.25) is 5.91 Å². The summed E-state index contributed by atoms with van der Waals surface area (Å²) < 4.78 is 0. The lowest BCUT2D eigenvalue weighted by Crippen LogP contribution is -2.39. The van der Waals surface area contributed by atoms with Crippen LogP contribution in [0.1, 0.15) is 39.0 Å². The van der Waals surface area contributed by atoms with Crippen LogP contribution in [0.3, 0.4) is 0 Å². The Kier molecular flexibility index (Phi) is 4.02. The summed E-state index contributed by atoms with van der Waals surface area (Å²) >= 11 is 4.92. The van der Waals surface area contributed by atoms with Gasteiger partial charge in [-0.2, -0.15) is 0 Å². The molecule has 0 aliphatic heterocycles. The molecule has 2 atom stereocenters. The molecule has 0 saturated heterocycles. The Balaban J connectivity index is 1.94. The van der Waals surface area contributed by atoms with E-state index < -0.39 is 0 Å². The predicted octanol–water partition coefficient (Wildman–Crippen LogP) is 1.95. The molecule has 0 heterocycles. The Morgan fingerprint density at radius 3 is 2.41 bits per heavy atom. The van der Waals surface area contributed by atoms with Gasteiger partial charge in [0.05, 0.1) is 11.5 Å². The molecule has 2 saturated carbocycles. The van der Waals surface area contributed by atoms with Crippen molar-refractivity contribution in [2.24, 2.45) is 23.5 Å². The second-order valence-electron chi connectivity index (χ2n) is 5.36. The summed E-state index contributed by atoms with van der Waals surface area (Å²) in [4.78, 5) is 14.7. The average Bonchev–Trinajstić information content (AvgIpc) is 3.01. The van der Waals surface area contributed by atoms with Crippen LogP contribution in [-0.2, 0) is 4.79 Å². The molecule has 1 amide bonds. The molecule has 2 aliphatic rings. The van der Waals surface area contributed by atoms with Crippen LogP contribution in [0.15, 0.2) is 0 Å². The van der Waals surface area contributed by atoms with E-state index in [1.807, 2.05) is 4.90 Å². The van der Waals surface area contributed by atoms with Gasteiger partial charge in [-0.3, -0.25) is 4.79 Å². The molecule has 0 aromatic rings. The Hall–Kier alpha value is -0.640. The summed E-state index contributed by atoms with van der Waals surface area (Å²) in [6.07, 6.45) is 6.06. The van der Waals surface area contributed by atoms with Crippen molar-refractivity contribution in [1.29, 1.82) is 0 Å². The largest absolute Gasteiger partial charge is 0.392 e. The number of nitrogens with zero attached hydrogens (tertiary/aromatic N) is 1. The Labute approximate surface area is 109 Å². The molecule has 0 spiro atoms. The molecule has 17 heavy (non-hydrogen) atoms. The zero-order valence-electron chi connectivity index (χ0n) is 10.5. The minimum Gasteiger partial charge on any atom is -0.392 e. The minimum absolute atomic E-state index is 0.290. The van der Waals surface area contributed by atoms with Crippen LogP contribution in [0.2, 0.25) is 0 Å². The number of carbonyl (C=O) groups excluding carboxylic acids is 1. The first kappa shape index (κ1) is 12.8. The summed E-state index contributed by atoms with van der Waals surface area (Å²) in [6.45, 7) is 3.32. The first-order valence-electron chi connectivity index (χ1n) is 6.72. The molecule has 4 heteroatoms. The van der Waals surface area contributed by atoms with Gasteiger partial charge in [0.25, 0.3) is 0 Å². The highest BCUT2D eigenvalue weighted by Crippen LogP contribution is 2.56. The van der Waals surface area contributed by atoms with E-state index in [1.54, 1.807) is 0 Å². The van der Waals surface area contributed by atoms with E-state index in [9.17, 15) is 4.79 Å². The maximum absolute atomic E-state index is 12.4. The van der Waals surface area contributed by atoms with E-state index in [0.717, 1.165) is 13.0 Å². The van der Waals surface area contributed by atoms with Gasteiger partial charge in [-0.15, -0.1) is 0 Å². The van der Waals surface area contributed by atoms with Gasteiger partial charge in [-0.1, -0.05) is 32.0 Å². The standard InChI is InChI=1S/C13H22N2OS/c1-2-7-15(8-11(14)17)13(16)12-9-5-3-4-6-10(9)12/h9-10,12H,2-8H2,1H3,(H2,14,17). The third-order valence-electron chi connectivity index (χ3n) is 4.09. The van der Waals surface area contributed by atoms with Gasteiger partial charge in [-0.05, 0) is 31.1 Å². The topological polar surface area (TPSA) is 46.3 Å². The van der Waals surface area contributed by atoms with E-state index >= 15 is 0 Å². The lowest BCUT2D eigenvalue weighted by atomic mass is 10.0. The molecule has 3 nitrogen and oxygen atoms in total. The molecule has 0 radical (unpaired) electrons. The molecular formula is C13H22N2OS. The second-order valence-corrected chi connectivity index (χ2v) is 5.89. The van der Waals surface area contributed by atoms with Gasteiger partial charge in [0, 0.05) is 12.5 Å². The van der Waals surface area contributed by atoms with Crippen molar-refractivity contribution in [3.8, 4) is 0 Å². The highest BCUT2D eigenvalue weighted by Gasteiger charge is 2.55. The SMILES string of the molecule is CCCN(CC(N)=S)C(=O)C1C2CCCCC21. The predicted molar refractivity (Wildman–Crippen MR) is 72.6 cm³/mol. The fourth-order valence-electron chi connectivity index (χ4n) is 3.29. The lowest BCUT2D eigenvalue weighted by molar-refractivity contribution is -0.132. The summed E-state index contributed by atoms with van der Waals surface area (Å²) in [6, 6.07) is 0. The van der Waals surface area contributed by atoms with E-state index in [2.05, 4.69) is 6.92 Å². The van der Waals surface area contributed by atoms with E-state index in [1.165, 1.54) is 25.7 Å². The zero-order chi connectivity index (χ0) is 12.4. The van der Waals surface area contributed by atoms with Crippen LogP contribution < -0.4 is 5.73 Å². The third kappa shape index (κ3) is 2.79. The number of fused-ring (bicyclic) bond motifs is 1. The van der Waals surface area contributed by atoms with E-state index in [4.69, 9.17) is 18.0 Å². The average molecular weight is 254 g/mol. The minimum atomic E-state index is 0.290. The smallest absolute Gasteiger partial charge is 0.226 e. The summed E-state index contributed by atoms with van der Waals surface area (Å²) in [5, 5.41) is 0. The zero-order valence-corrected chi connectivity index (χ0v) is 11.3. The molecule has 2 N–H and O–H groups in total. The molecular weight excluding hydrogens is 232 g/mol. The summed E-state index contributed by atoms with van der Waals surface area (Å²) in [5.41, 5.74) is 5.57. The van der Waals surface area contributed by atoms with Gasteiger partial charge < -0.3 is 10.6 Å². The number of rotatable bonds is 5. The molecule has 96 valence electrons. The first-order valence-corrected chi connectivity index (χ1v) is 7.13. The van der Waals surface area contributed by atoms with Crippen molar-refractivity contribution in [2.75, 3.05) is 13.1 Å². The van der Waals surface area contributed by atoms with Crippen LogP contribution in [0.25, 0.3) is 0 Å². The maximum atomic E-state index is 12.4. The van der Waals surface area contributed by atoms with Crippen molar-refractivity contribution in [1.82, 2.24) is 4.90 Å². The summed E-state index contributed by atoms with van der Waals surface area (Å²) in [7, 11) is 0. The van der Waals surface area contributed by atoms with Crippen molar-refractivity contribution in [3.63, 3.8) is 0 Å². The monoisotopic (exact) mass is 254 g/mol. The number of carbonyl (C=O) groups is 1. The van der Waals surface area contributed by atoms with Gasteiger partial charge in [0.15, 0.2) is 0 Å². The molecule has 2 rings (SSSR count). The molecule has 0 aromatic heterocycles. The summed E-state index contributed by atoms with van der Waals surface area (Å²) in [5.74, 6) is 1.93. The van der Waals surface area contributed by atoms with Crippen molar-refractivity contribution >= 4 is 23.1 Å². The highest BCUT2D eigenvalue weighted by atomic mass is 32.1. The highest BCUT2D eigenvalue weighted by molar-refractivity contribution is 7.80. The number of nitrogens with two attached hydrogens (primary N) is 1. The van der Waals surface area contributed by atoms with Crippen LogP contribution in [0, 0.1) is 17.8 Å². The van der Waals surface area contributed by atoms with Crippen LogP contribution in [0.5, 0.6) is 0 Å². The van der Waals surface area contributed by atoms with Gasteiger partial charge in [-0.25, -0.2) is 0 Å². The normalized spacial score (nSPS) is 30.5.